The second-order valence-electron chi connectivity index (χ2n) is 4.55. The van der Waals surface area contributed by atoms with Crippen molar-refractivity contribution in [3.05, 3.63) is 38.9 Å². The Bertz CT molecular complexity index is 589. The maximum atomic E-state index is 11.7. The molecule has 1 N–H and O–H groups in total. The predicted molar refractivity (Wildman–Crippen MR) is 69.3 cm³/mol. The normalized spacial score (nSPS) is 18.4. The standard InChI is InChI=1S/C12H11ClN2O5/c13-10-4-9(15(19)20)2-1-7(10)5-14-6-8(12(17)18)3-11(14)16/h1-2,4,8H,3,5-6H2,(H,17,18). The zero-order valence-corrected chi connectivity index (χ0v) is 11.0. The molecule has 1 heterocycles. The Morgan fingerprint density at radius 3 is 2.75 bits per heavy atom. The van der Waals surface area contributed by atoms with Crippen LogP contribution in [0.15, 0.2) is 18.2 Å². The first-order valence-corrected chi connectivity index (χ1v) is 6.19. The Morgan fingerprint density at radius 1 is 1.55 bits per heavy atom. The Balaban J connectivity index is 2.13. The summed E-state index contributed by atoms with van der Waals surface area (Å²) in [6.45, 7) is 0.279. The molecule has 1 unspecified atom stereocenters. The van der Waals surface area contributed by atoms with Gasteiger partial charge in [0.05, 0.1) is 15.9 Å². The van der Waals surface area contributed by atoms with Crippen molar-refractivity contribution in [3.8, 4) is 0 Å². The summed E-state index contributed by atoms with van der Waals surface area (Å²) >= 11 is 5.94. The lowest BCUT2D eigenvalue weighted by atomic mass is 10.1. The van der Waals surface area contributed by atoms with E-state index in [1.54, 1.807) is 0 Å². The van der Waals surface area contributed by atoms with E-state index in [1.807, 2.05) is 0 Å². The van der Waals surface area contributed by atoms with E-state index in [9.17, 15) is 19.7 Å². The summed E-state index contributed by atoms with van der Waals surface area (Å²) in [6.07, 6.45) is -0.0278. The minimum atomic E-state index is -1.00. The summed E-state index contributed by atoms with van der Waals surface area (Å²) in [5.41, 5.74) is 0.423. The number of carboxylic acids is 1. The fourth-order valence-corrected chi connectivity index (χ4v) is 2.31. The summed E-state index contributed by atoms with van der Waals surface area (Å²) in [5.74, 6) is -1.97. The van der Waals surface area contributed by atoms with Crippen LogP contribution in [-0.4, -0.2) is 33.4 Å². The van der Waals surface area contributed by atoms with E-state index in [2.05, 4.69) is 0 Å². The summed E-state index contributed by atoms with van der Waals surface area (Å²) in [5, 5.41) is 19.7. The van der Waals surface area contributed by atoms with Gasteiger partial charge in [0.15, 0.2) is 0 Å². The molecule has 0 radical (unpaired) electrons. The highest BCUT2D eigenvalue weighted by atomic mass is 35.5. The van der Waals surface area contributed by atoms with Crippen LogP contribution in [0.25, 0.3) is 0 Å². The number of benzene rings is 1. The molecule has 0 aliphatic carbocycles. The summed E-state index contributed by atoms with van der Waals surface area (Å²) in [4.78, 5) is 34.0. The van der Waals surface area contributed by atoms with Gasteiger partial charge in [-0.15, -0.1) is 0 Å². The maximum absolute atomic E-state index is 11.7. The quantitative estimate of drug-likeness (QED) is 0.673. The molecule has 0 saturated carbocycles. The number of rotatable bonds is 4. The lowest BCUT2D eigenvalue weighted by Gasteiger charge is -2.16. The smallest absolute Gasteiger partial charge is 0.308 e. The average molecular weight is 299 g/mol. The molecule has 106 valence electrons. The number of hydrogen-bond donors (Lipinski definition) is 1. The van der Waals surface area contributed by atoms with Gasteiger partial charge in [-0.1, -0.05) is 11.6 Å². The number of amides is 1. The highest BCUT2D eigenvalue weighted by Gasteiger charge is 2.34. The second-order valence-corrected chi connectivity index (χ2v) is 4.95. The second kappa shape index (κ2) is 5.46. The van der Waals surface area contributed by atoms with E-state index in [1.165, 1.54) is 23.1 Å². The summed E-state index contributed by atoms with van der Waals surface area (Å²) < 4.78 is 0. The molecular weight excluding hydrogens is 288 g/mol. The third-order valence-electron chi connectivity index (χ3n) is 3.17. The number of aliphatic carboxylic acids is 1. The third kappa shape index (κ3) is 2.88. The number of likely N-dealkylation sites (tertiary alicyclic amines) is 1. The molecule has 1 fully saturated rings. The van der Waals surface area contributed by atoms with Crippen molar-refractivity contribution in [2.45, 2.75) is 13.0 Å². The van der Waals surface area contributed by atoms with Gasteiger partial charge in [0.1, 0.15) is 0 Å². The Hall–Kier alpha value is -2.15. The van der Waals surface area contributed by atoms with Crippen molar-refractivity contribution in [1.82, 2.24) is 4.90 Å². The van der Waals surface area contributed by atoms with Crippen molar-refractivity contribution < 1.29 is 19.6 Å². The number of nitro groups is 1. The summed E-state index contributed by atoms with van der Waals surface area (Å²) in [7, 11) is 0. The molecule has 1 aliphatic rings. The highest BCUT2D eigenvalue weighted by molar-refractivity contribution is 6.31. The number of carbonyl (C=O) groups is 2. The molecule has 7 nitrogen and oxygen atoms in total. The van der Waals surface area contributed by atoms with Crippen LogP contribution in [0.4, 0.5) is 5.69 Å². The zero-order valence-electron chi connectivity index (χ0n) is 10.3. The van der Waals surface area contributed by atoms with Gasteiger partial charge in [0.25, 0.3) is 5.69 Å². The van der Waals surface area contributed by atoms with Crippen molar-refractivity contribution in [1.29, 1.82) is 0 Å². The maximum Gasteiger partial charge on any atom is 0.308 e. The third-order valence-corrected chi connectivity index (χ3v) is 3.52. The lowest BCUT2D eigenvalue weighted by Crippen LogP contribution is -2.25. The van der Waals surface area contributed by atoms with Gasteiger partial charge in [-0.3, -0.25) is 19.7 Å². The molecule has 1 saturated heterocycles. The number of non-ortho nitro benzene ring substituents is 1. The number of hydrogen-bond acceptors (Lipinski definition) is 4. The number of halogens is 1. The topological polar surface area (TPSA) is 101 Å². The van der Waals surface area contributed by atoms with Crippen LogP contribution in [0.1, 0.15) is 12.0 Å². The van der Waals surface area contributed by atoms with Gasteiger partial charge in [-0.25, -0.2) is 0 Å². The molecule has 8 heteroatoms. The Labute approximate surface area is 118 Å². The molecule has 2 rings (SSSR count). The first-order valence-electron chi connectivity index (χ1n) is 5.82. The van der Waals surface area contributed by atoms with E-state index >= 15 is 0 Å². The average Bonchev–Trinajstić information content (AvgIpc) is 2.73. The first-order chi connectivity index (χ1) is 9.38. The SMILES string of the molecule is O=C(O)C1CC(=O)N(Cc2ccc([N+](=O)[O-])cc2Cl)C1. The van der Waals surface area contributed by atoms with E-state index in [4.69, 9.17) is 16.7 Å². The monoisotopic (exact) mass is 298 g/mol. The van der Waals surface area contributed by atoms with Crippen molar-refractivity contribution in [2.24, 2.45) is 5.92 Å². The molecule has 1 amide bonds. The molecule has 0 bridgehead atoms. The molecule has 1 aliphatic heterocycles. The van der Waals surface area contributed by atoms with Gasteiger partial charge < -0.3 is 10.0 Å². The number of carboxylic acid groups (broad SMARTS) is 1. The number of nitro benzene ring substituents is 1. The minimum Gasteiger partial charge on any atom is -0.481 e. The Kier molecular flexibility index (Phi) is 3.89. The van der Waals surface area contributed by atoms with E-state index < -0.39 is 16.8 Å². The van der Waals surface area contributed by atoms with Crippen LogP contribution in [-0.2, 0) is 16.1 Å². The fraction of sp³-hybridized carbons (Fsp3) is 0.333. The van der Waals surface area contributed by atoms with Gasteiger partial charge >= 0.3 is 5.97 Å². The van der Waals surface area contributed by atoms with Gasteiger partial charge in [-0.05, 0) is 11.6 Å². The molecular formula is C12H11ClN2O5. The molecule has 1 aromatic rings. The largest absolute Gasteiger partial charge is 0.481 e. The summed E-state index contributed by atoms with van der Waals surface area (Å²) in [6, 6.07) is 3.99. The van der Waals surface area contributed by atoms with Crippen LogP contribution in [0.3, 0.4) is 0 Å². The lowest BCUT2D eigenvalue weighted by molar-refractivity contribution is -0.384. The molecule has 0 spiro atoms. The Morgan fingerprint density at radius 2 is 2.25 bits per heavy atom. The van der Waals surface area contributed by atoms with E-state index in [0.29, 0.717) is 5.56 Å². The highest BCUT2D eigenvalue weighted by Crippen LogP contribution is 2.26. The number of nitrogens with zero attached hydrogens (tertiary/aromatic N) is 2. The zero-order chi connectivity index (χ0) is 14.9. The number of carbonyl (C=O) groups excluding carboxylic acids is 1. The van der Waals surface area contributed by atoms with Crippen molar-refractivity contribution in [3.63, 3.8) is 0 Å². The van der Waals surface area contributed by atoms with Crippen LogP contribution in [0.2, 0.25) is 5.02 Å². The molecule has 1 aromatic carbocycles. The van der Waals surface area contributed by atoms with Gasteiger partial charge in [0.2, 0.25) is 5.91 Å². The van der Waals surface area contributed by atoms with Gasteiger partial charge in [0, 0.05) is 31.6 Å². The molecule has 0 aromatic heterocycles. The minimum absolute atomic E-state index is 0.0278. The van der Waals surface area contributed by atoms with Crippen molar-refractivity contribution >= 4 is 29.2 Å². The van der Waals surface area contributed by atoms with Gasteiger partial charge in [-0.2, -0.15) is 0 Å². The van der Waals surface area contributed by atoms with Crippen LogP contribution in [0.5, 0.6) is 0 Å². The van der Waals surface area contributed by atoms with E-state index in [-0.39, 0.29) is 36.1 Å². The predicted octanol–water partition coefficient (Wildman–Crippen LogP) is 1.68. The first kappa shape index (κ1) is 14.3. The molecule has 1 atom stereocenters. The fourth-order valence-electron chi connectivity index (χ4n) is 2.07. The van der Waals surface area contributed by atoms with Crippen LogP contribution < -0.4 is 0 Å². The van der Waals surface area contributed by atoms with Crippen LogP contribution >= 0.6 is 11.6 Å². The van der Waals surface area contributed by atoms with E-state index in [0.717, 1.165) is 0 Å². The molecule has 20 heavy (non-hydrogen) atoms. The van der Waals surface area contributed by atoms with Crippen molar-refractivity contribution in [2.75, 3.05) is 6.54 Å². The van der Waals surface area contributed by atoms with Crippen LogP contribution in [0, 0.1) is 16.0 Å².